The summed E-state index contributed by atoms with van der Waals surface area (Å²) in [6.07, 6.45) is 12.0. The lowest BCUT2D eigenvalue weighted by Crippen LogP contribution is -2.53. The highest BCUT2D eigenvalue weighted by atomic mass is 32.1. The first-order chi connectivity index (χ1) is 24.1. The fourth-order valence-corrected chi connectivity index (χ4v) is 7.16. The summed E-state index contributed by atoms with van der Waals surface area (Å²) >= 11 is 1.49. The lowest BCUT2D eigenvalue weighted by molar-refractivity contribution is -0.134. The maximum atomic E-state index is 13.8. The Labute approximate surface area is 302 Å². The molecule has 0 bridgehead atoms. The summed E-state index contributed by atoms with van der Waals surface area (Å²) in [4.78, 5) is 40.2. The number of amides is 2. The van der Waals surface area contributed by atoms with Gasteiger partial charge < -0.3 is 20.3 Å². The van der Waals surface area contributed by atoms with Crippen molar-refractivity contribution in [1.29, 1.82) is 0 Å². The SMILES string of the molecule is CCCCCCCOc1ccc(-c2cnc(-c3ccc(CC(NC(=O)c4ccc(C(C)(C)C)s4)C(=O)N4CCC(NC)CC4)cc3)nc2)cc1. The van der Waals surface area contributed by atoms with Gasteiger partial charge in [0.25, 0.3) is 5.91 Å². The van der Waals surface area contributed by atoms with Crippen molar-refractivity contribution < 1.29 is 14.3 Å². The molecule has 266 valence electrons. The first-order valence-electron chi connectivity index (χ1n) is 18.2. The molecule has 0 spiro atoms. The lowest BCUT2D eigenvalue weighted by Gasteiger charge is -2.34. The van der Waals surface area contributed by atoms with Crippen molar-refractivity contribution in [1.82, 2.24) is 25.5 Å². The van der Waals surface area contributed by atoms with E-state index in [0.29, 0.717) is 36.3 Å². The predicted octanol–water partition coefficient (Wildman–Crippen LogP) is 8.07. The normalized spacial score (nSPS) is 14.4. The fourth-order valence-electron chi connectivity index (χ4n) is 6.19. The van der Waals surface area contributed by atoms with Gasteiger partial charge in [0.15, 0.2) is 5.82 Å². The number of unbranched alkanes of at least 4 members (excludes halogenated alkanes) is 4. The van der Waals surface area contributed by atoms with Crippen LogP contribution in [0.1, 0.15) is 92.8 Å². The minimum absolute atomic E-state index is 0.0366. The molecule has 8 nitrogen and oxygen atoms in total. The number of rotatable bonds is 15. The number of benzene rings is 2. The summed E-state index contributed by atoms with van der Waals surface area (Å²) in [7, 11) is 1.97. The molecular weight excluding hydrogens is 643 g/mol. The zero-order chi connectivity index (χ0) is 35.5. The van der Waals surface area contributed by atoms with Gasteiger partial charge in [-0.3, -0.25) is 9.59 Å². The van der Waals surface area contributed by atoms with Crippen LogP contribution in [0.15, 0.2) is 73.1 Å². The van der Waals surface area contributed by atoms with Crippen LogP contribution in [0.5, 0.6) is 5.75 Å². The van der Waals surface area contributed by atoms with Crippen molar-refractivity contribution in [2.45, 2.75) is 96.6 Å². The number of hydrogen-bond acceptors (Lipinski definition) is 7. The van der Waals surface area contributed by atoms with Crippen molar-refractivity contribution in [2.75, 3.05) is 26.7 Å². The maximum Gasteiger partial charge on any atom is 0.262 e. The molecule has 1 unspecified atom stereocenters. The molecule has 1 atom stereocenters. The molecule has 2 aromatic carbocycles. The number of likely N-dealkylation sites (tertiary alicyclic amines) is 1. The van der Waals surface area contributed by atoms with Gasteiger partial charge in [-0.25, -0.2) is 9.97 Å². The van der Waals surface area contributed by atoms with Gasteiger partial charge in [0.2, 0.25) is 5.91 Å². The number of thiophene rings is 1. The summed E-state index contributed by atoms with van der Waals surface area (Å²) in [6.45, 7) is 10.7. The molecule has 1 aliphatic rings. The average molecular weight is 696 g/mol. The molecule has 5 rings (SSSR count). The van der Waals surface area contributed by atoms with Crippen LogP contribution in [0.25, 0.3) is 22.5 Å². The van der Waals surface area contributed by atoms with E-state index in [-0.39, 0.29) is 17.2 Å². The molecule has 2 aromatic heterocycles. The lowest BCUT2D eigenvalue weighted by atomic mass is 9.95. The molecule has 0 aliphatic carbocycles. The Morgan fingerprint density at radius 1 is 0.880 bits per heavy atom. The summed E-state index contributed by atoms with van der Waals surface area (Å²) < 4.78 is 5.92. The smallest absolute Gasteiger partial charge is 0.262 e. The number of piperidine rings is 1. The zero-order valence-corrected chi connectivity index (χ0v) is 31.2. The third-order valence-electron chi connectivity index (χ3n) is 9.40. The van der Waals surface area contributed by atoms with Crippen LogP contribution in [0.3, 0.4) is 0 Å². The van der Waals surface area contributed by atoms with E-state index in [4.69, 9.17) is 4.74 Å². The number of carbonyl (C=O) groups excluding carboxylic acids is 2. The van der Waals surface area contributed by atoms with E-state index in [9.17, 15) is 9.59 Å². The molecule has 2 amide bonds. The van der Waals surface area contributed by atoms with Crippen molar-refractivity contribution in [3.05, 3.63) is 88.4 Å². The van der Waals surface area contributed by atoms with Crippen LogP contribution in [0, 0.1) is 0 Å². The van der Waals surface area contributed by atoms with E-state index >= 15 is 0 Å². The molecule has 1 fully saturated rings. The molecular formula is C41H53N5O3S. The van der Waals surface area contributed by atoms with E-state index in [2.05, 4.69) is 48.3 Å². The second kappa shape index (κ2) is 17.7. The Bertz CT molecular complexity index is 1650. The van der Waals surface area contributed by atoms with Crippen LogP contribution >= 0.6 is 11.3 Å². The Balaban J connectivity index is 1.22. The van der Waals surface area contributed by atoms with Crippen molar-refractivity contribution in [2.24, 2.45) is 0 Å². The van der Waals surface area contributed by atoms with Crippen molar-refractivity contribution in [3.63, 3.8) is 0 Å². The topological polar surface area (TPSA) is 96.4 Å². The number of nitrogens with zero attached hydrogens (tertiary/aromatic N) is 3. The largest absolute Gasteiger partial charge is 0.494 e. The third kappa shape index (κ3) is 10.2. The second-order valence-electron chi connectivity index (χ2n) is 14.3. The summed E-state index contributed by atoms with van der Waals surface area (Å²) in [6, 6.07) is 19.7. The molecule has 0 saturated carbocycles. The second-order valence-corrected chi connectivity index (χ2v) is 15.4. The van der Waals surface area contributed by atoms with Gasteiger partial charge >= 0.3 is 0 Å². The van der Waals surface area contributed by atoms with Gasteiger partial charge in [-0.15, -0.1) is 11.3 Å². The third-order valence-corrected chi connectivity index (χ3v) is 10.9. The molecule has 4 aromatic rings. The highest BCUT2D eigenvalue weighted by Gasteiger charge is 2.30. The molecule has 1 saturated heterocycles. The Kier molecular flexibility index (Phi) is 13.2. The van der Waals surface area contributed by atoms with Gasteiger partial charge in [-0.1, -0.05) is 89.8 Å². The van der Waals surface area contributed by atoms with Crippen molar-refractivity contribution in [3.8, 4) is 28.3 Å². The summed E-state index contributed by atoms with van der Waals surface area (Å²) in [5.41, 5.74) is 3.77. The Hall–Kier alpha value is -4.08. The highest BCUT2D eigenvalue weighted by Crippen LogP contribution is 2.30. The number of carbonyl (C=O) groups is 2. The Morgan fingerprint density at radius 3 is 2.16 bits per heavy atom. The first kappa shape index (κ1) is 37.2. The predicted molar refractivity (Wildman–Crippen MR) is 204 cm³/mol. The minimum Gasteiger partial charge on any atom is -0.494 e. The van der Waals surface area contributed by atoms with Gasteiger partial charge in [0.1, 0.15) is 11.8 Å². The van der Waals surface area contributed by atoms with Gasteiger partial charge in [-0.05, 0) is 67.1 Å². The first-order valence-corrected chi connectivity index (χ1v) is 19.0. The molecule has 0 radical (unpaired) electrons. The minimum atomic E-state index is -0.669. The van der Waals surface area contributed by atoms with E-state index < -0.39 is 6.04 Å². The van der Waals surface area contributed by atoms with E-state index in [1.807, 2.05) is 85.0 Å². The van der Waals surface area contributed by atoms with Crippen LogP contribution in [-0.4, -0.2) is 65.5 Å². The van der Waals surface area contributed by atoms with Crippen LogP contribution < -0.4 is 15.4 Å². The molecule has 2 N–H and O–H groups in total. The summed E-state index contributed by atoms with van der Waals surface area (Å²) in [5, 5.41) is 6.41. The average Bonchev–Trinajstić information content (AvgIpc) is 3.65. The van der Waals surface area contributed by atoms with Crippen LogP contribution in [-0.2, 0) is 16.6 Å². The maximum absolute atomic E-state index is 13.8. The van der Waals surface area contributed by atoms with Gasteiger partial charge in [0, 0.05) is 53.9 Å². The van der Waals surface area contributed by atoms with Crippen LogP contribution in [0.4, 0.5) is 0 Å². The van der Waals surface area contributed by atoms with E-state index in [1.54, 1.807) is 0 Å². The molecule has 1 aliphatic heterocycles. The summed E-state index contributed by atoms with van der Waals surface area (Å²) in [5.74, 6) is 1.26. The van der Waals surface area contributed by atoms with Gasteiger partial charge in [-0.2, -0.15) is 0 Å². The van der Waals surface area contributed by atoms with Crippen molar-refractivity contribution >= 4 is 23.2 Å². The quantitative estimate of drug-likeness (QED) is 0.122. The van der Waals surface area contributed by atoms with Gasteiger partial charge in [0.05, 0.1) is 11.5 Å². The number of hydrogen-bond donors (Lipinski definition) is 2. The number of aromatic nitrogens is 2. The van der Waals surface area contributed by atoms with Crippen LogP contribution in [0.2, 0.25) is 0 Å². The highest BCUT2D eigenvalue weighted by molar-refractivity contribution is 7.14. The fraction of sp³-hybridized carbons (Fsp3) is 0.463. The van der Waals surface area contributed by atoms with E-state index in [1.165, 1.54) is 37.0 Å². The molecule has 9 heteroatoms. The number of nitrogens with one attached hydrogen (secondary N) is 2. The molecule has 3 heterocycles. The van der Waals surface area contributed by atoms with E-state index in [0.717, 1.165) is 58.7 Å². The monoisotopic (exact) mass is 695 g/mol. The zero-order valence-electron chi connectivity index (χ0n) is 30.3. The standard InChI is InChI=1S/C41H53N5O3S/c1-6-7-8-9-10-25-49-34-17-15-30(16-18-34)32-27-43-38(44-28-32)31-13-11-29(12-14-31)26-35(40(48)46-23-21-33(42-5)22-24-46)45-39(47)36-19-20-37(50-36)41(2,3)4/h11-20,27-28,33,35,42H,6-10,21-26H2,1-5H3,(H,45,47). The Morgan fingerprint density at radius 2 is 1.54 bits per heavy atom. The number of ether oxygens (including phenoxy) is 1. The molecule has 50 heavy (non-hydrogen) atoms.